The molecule has 0 aliphatic heterocycles. The maximum atomic E-state index is 13.1. The van der Waals surface area contributed by atoms with E-state index in [4.69, 9.17) is 10.3 Å². The topological polar surface area (TPSA) is 81.2 Å². The molecule has 1 aromatic rings. The fourth-order valence-corrected chi connectivity index (χ4v) is 5.66. The summed E-state index contributed by atoms with van der Waals surface area (Å²) in [5, 5.41) is 7.17. The number of anilines is 1. The molecule has 5 heteroatoms. The van der Waals surface area contributed by atoms with Crippen molar-refractivity contribution >= 4 is 11.6 Å². The number of nitrogens with one attached hydrogen (secondary N) is 1. The Hall–Kier alpha value is -1.36. The second kappa shape index (κ2) is 4.57. The van der Waals surface area contributed by atoms with Gasteiger partial charge in [-0.3, -0.25) is 4.79 Å². The van der Waals surface area contributed by atoms with E-state index in [0.29, 0.717) is 17.6 Å². The Morgan fingerprint density at radius 3 is 2.64 bits per heavy atom. The molecule has 0 radical (unpaired) electrons. The second-order valence-corrected chi connectivity index (χ2v) is 7.97. The van der Waals surface area contributed by atoms with Crippen LogP contribution in [0.3, 0.4) is 0 Å². The number of aromatic nitrogens is 1. The van der Waals surface area contributed by atoms with E-state index in [1.807, 2.05) is 13.8 Å². The molecule has 0 aromatic carbocycles. The standard InChI is InChI=1S/C17H25N3O2/c1-3-13-14(10(2)22-20-13)19-15(21)16-5-11-4-12(6-16)8-17(18,7-11)9-16/h11-12H,3-9,18H2,1-2H3,(H,19,21). The first kappa shape index (κ1) is 14.2. The van der Waals surface area contributed by atoms with Gasteiger partial charge in [-0.05, 0) is 63.7 Å². The summed E-state index contributed by atoms with van der Waals surface area (Å²) in [4.78, 5) is 13.1. The van der Waals surface area contributed by atoms with E-state index in [-0.39, 0.29) is 16.9 Å². The maximum absolute atomic E-state index is 13.1. The molecule has 4 saturated carbocycles. The van der Waals surface area contributed by atoms with E-state index in [0.717, 1.165) is 49.9 Å². The van der Waals surface area contributed by atoms with Gasteiger partial charge in [0.2, 0.25) is 5.91 Å². The first-order valence-electron chi connectivity index (χ1n) is 8.48. The first-order chi connectivity index (χ1) is 10.4. The van der Waals surface area contributed by atoms with Gasteiger partial charge in [-0.15, -0.1) is 0 Å². The highest BCUT2D eigenvalue weighted by atomic mass is 16.5. The lowest BCUT2D eigenvalue weighted by atomic mass is 9.47. The van der Waals surface area contributed by atoms with Crippen molar-refractivity contribution in [2.75, 3.05) is 5.32 Å². The molecule has 4 fully saturated rings. The molecule has 22 heavy (non-hydrogen) atoms. The number of nitrogens with zero attached hydrogens (tertiary/aromatic N) is 1. The zero-order valence-electron chi connectivity index (χ0n) is 13.4. The highest BCUT2D eigenvalue weighted by Crippen LogP contribution is 2.61. The summed E-state index contributed by atoms with van der Waals surface area (Å²) in [6.07, 6.45) is 7.06. The fourth-order valence-electron chi connectivity index (χ4n) is 5.66. The van der Waals surface area contributed by atoms with Gasteiger partial charge in [0.1, 0.15) is 11.4 Å². The Morgan fingerprint density at radius 2 is 2.05 bits per heavy atom. The molecule has 1 amide bonds. The number of carbonyl (C=O) groups is 1. The van der Waals surface area contributed by atoms with Gasteiger partial charge in [-0.1, -0.05) is 12.1 Å². The van der Waals surface area contributed by atoms with Crippen molar-refractivity contribution in [1.29, 1.82) is 0 Å². The number of aryl methyl sites for hydroxylation is 2. The average Bonchev–Trinajstić information content (AvgIpc) is 2.77. The van der Waals surface area contributed by atoms with E-state index in [1.54, 1.807) is 0 Å². The zero-order chi connectivity index (χ0) is 15.5. The predicted molar refractivity (Wildman–Crippen MR) is 83.3 cm³/mol. The summed E-state index contributed by atoms with van der Waals surface area (Å²) >= 11 is 0. The predicted octanol–water partition coefficient (Wildman–Crippen LogP) is 2.78. The van der Waals surface area contributed by atoms with Crippen molar-refractivity contribution in [3.8, 4) is 0 Å². The maximum Gasteiger partial charge on any atom is 0.230 e. The number of carbonyl (C=O) groups excluding carboxylic acids is 1. The third-order valence-corrected chi connectivity index (χ3v) is 6.09. The van der Waals surface area contributed by atoms with Gasteiger partial charge < -0.3 is 15.6 Å². The lowest BCUT2D eigenvalue weighted by molar-refractivity contribution is -0.142. The number of amides is 1. The Morgan fingerprint density at radius 1 is 1.36 bits per heavy atom. The van der Waals surface area contributed by atoms with Crippen LogP contribution in [0.1, 0.15) is 56.9 Å². The molecule has 5 nitrogen and oxygen atoms in total. The normalized spacial score (nSPS) is 39.2. The van der Waals surface area contributed by atoms with E-state index in [1.165, 1.54) is 6.42 Å². The van der Waals surface area contributed by atoms with Crippen LogP contribution in [0.15, 0.2) is 4.52 Å². The fraction of sp³-hybridized carbons (Fsp3) is 0.765. The molecule has 5 rings (SSSR count). The molecular formula is C17H25N3O2. The SMILES string of the molecule is CCc1noc(C)c1NC(=O)C12CC3CC(CC(N)(C3)C1)C2. The number of nitrogens with two attached hydrogens (primary N) is 1. The van der Waals surface area contributed by atoms with E-state index >= 15 is 0 Å². The van der Waals surface area contributed by atoms with Gasteiger partial charge in [0.25, 0.3) is 0 Å². The minimum absolute atomic E-state index is 0.112. The average molecular weight is 303 g/mol. The van der Waals surface area contributed by atoms with Crippen molar-refractivity contribution < 1.29 is 9.32 Å². The number of hydrogen-bond donors (Lipinski definition) is 2. The van der Waals surface area contributed by atoms with Crippen molar-refractivity contribution in [3.05, 3.63) is 11.5 Å². The Bertz CT molecular complexity index is 607. The molecule has 3 N–H and O–H groups in total. The van der Waals surface area contributed by atoms with Crippen molar-refractivity contribution in [2.24, 2.45) is 23.0 Å². The van der Waals surface area contributed by atoms with Crippen LogP contribution >= 0.6 is 0 Å². The molecule has 4 aliphatic carbocycles. The third-order valence-electron chi connectivity index (χ3n) is 6.09. The summed E-state index contributed by atoms with van der Waals surface area (Å²) in [6, 6.07) is 0. The lowest BCUT2D eigenvalue weighted by Gasteiger charge is -2.60. The largest absolute Gasteiger partial charge is 0.359 e. The molecule has 4 aliphatic rings. The van der Waals surface area contributed by atoms with Gasteiger partial charge in [-0.2, -0.15) is 0 Å². The van der Waals surface area contributed by atoms with Crippen LogP contribution in [-0.4, -0.2) is 16.6 Å². The van der Waals surface area contributed by atoms with Crippen LogP contribution in [-0.2, 0) is 11.2 Å². The van der Waals surface area contributed by atoms with E-state index in [9.17, 15) is 4.79 Å². The molecule has 120 valence electrons. The monoisotopic (exact) mass is 303 g/mol. The van der Waals surface area contributed by atoms with Crippen LogP contribution in [0.4, 0.5) is 5.69 Å². The smallest absolute Gasteiger partial charge is 0.230 e. The van der Waals surface area contributed by atoms with E-state index < -0.39 is 0 Å². The molecular weight excluding hydrogens is 278 g/mol. The molecule has 0 spiro atoms. The zero-order valence-corrected chi connectivity index (χ0v) is 13.4. The highest BCUT2D eigenvalue weighted by molar-refractivity contribution is 5.96. The summed E-state index contributed by atoms with van der Waals surface area (Å²) in [5.41, 5.74) is 7.81. The van der Waals surface area contributed by atoms with Crippen LogP contribution in [0.2, 0.25) is 0 Å². The first-order valence-corrected chi connectivity index (χ1v) is 8.48. The quantitative estimate of drug-likeness (QED) is 0.899. The van der Waals surface area contributed by atoms with Gasteiger partial charge in [0.05, 0.1) is 5.41 Å². The van der Waals surface area contributed by atoms with Gasteiger partial charge in [0, 0.05) is 5.54 Å². The molecule has 2 unspecified atom stereocenters. The number of rotatable bonds is 3. The molecule has 1 heterocycles. The number of hydrogen-bond acceptors (Lipinski definition) is 4. The molecule has 0 saturated heterocycles. The summed E-state index contributed by atoms with van der Waals surface area (Å²) in [5.74, 6) is 2.09. The highest BCUT2D eigenvalue weighted by Gasteiger charge is 2.59. The second-order valence-electron chi connectivity index (χ2n) is 7.97. The minimum Gasteiger partial charge on any atom is -0.359 e. The van der Waals surface area contributed by atoms with Crippen LogP contribution in [0, 0.1) is 24.2 Å². The Kier molecular flexibility index (Phi) is 2.96. The Balaban J connectivity index is 1.61. The molecule has 2 atom stereocenters. The molecule has 4 bridgehead atoms. The van der Waals surface area contributed by atoms with Crippen molar-refractivity contribution in [1.82, 2.24) is 5.16 Å². The third kappa shape index (κ3) is 2.02. The minimum atomic E-state index is -0.270. The van der Waals surface area contributed by atoms with Crippen molar-refractivity contribution in [2.45, 2.75) is 64.3 Å². The summed E-state index contributed by atoms with van der Waals surface area (Å²) < 4.78 is 5.24. The summed E-state index contributed by atoms with van der Waals surface area (Å²) in [6.45, 7) is 3.87. The Labute approximate surface area is 131 Å². The summed E-state index contributed by atoms with van der Waals surface area (Å²) in [7, 11) is 0. The van der Waals surface area contributed by atoms with Crippen molar-refractivity contribution in [3.63, 3.8) is 0 Å². The van der Waals surface area contributed by atoms with Crippen LogP contribution in [0.25, 0.3) is 0 Å². The lowest BCUT2D eigenvalue weighted by Crippen LogP contribution is -2.62. The van der Waals surface area contributed by atoms with Crippen LogP contribution in [0.5, 0.6) is 0 Å². The van der Waals surface area contributed by atoms with Gasteiger partial charge >= 0.3 is 0 Å². The molecule has 1 aromatic heterocycles. The van der Waals surface area contributed by atoms with Gasteiger partial charge in [0.15, 0.2) is 5.76 Å². The van der Waals surface area contributed by atoms with Crippen LogP contribution < -0.4 is 11.1 Å². The van der Waals surface area contributed by atoms with Gasteiger partial charge in [-0.25, -0.2) is 0 Å². The van der Waals surface area contributed by atoms with E-state index in [2.05, 4.69) is 10.5 Å².